The van der Waals surface area contributed by atoms with Gasteiger partial charge in [-0.15, -0.1) is 0 Å². The van der Waals surface area contributed by atoms with E-state index in [-0.39, 0.29) is 5.41 Å². The van der Waals surface area contributed by atoms with Crippen molar-refractivity contribution in [3.8, 4) is 0 Å². The number of hydrogen-bond donors (Lipinski definition) is 1. The Labute approximate surface area is 113 Å². The van der Waals surface area contributed by atoms with Crippen molar-refractivity contribution < 1.29 is 9.53 Å². The minimum absolute atomic E-state index is 0.261. The van der Waals surface area contributed by atoms with Crippen molar-refractivity contribution in [1.29, 1.82) is 0 Å². The van der Waals surface area contributed by atoms with Crippen LogP contribution in [0.5, 0.6) is 0 Å². The average Bonchev–Trinajstić information content (AvgIpc) is 2.82. The van der Waals surface area contributed by atoms with Gasteiger partial charge in [0.1, 0.15) is 0 Å². The summed E-state index contributed by atoms with van der Waals surface area (Å²) in [6.45, 7) is 12.9. The summed E-state index contributed by atoms with van der Waals surface area (Å²) in [7, 11) is -1.61. The molecule has 0 spiro atoms. The molecule has 2 rings (SSSR count). The molecule has 0 amide bonds. The van der Waals surface area contributed by atoms with Crippen LogP contribution in [0.15, 0.2) is 0 Å². The first-order chi connectivity index (χ1) is 8.14. The quantitative estimate of drug-likeness (QED) is 0.784. The molecule has 0 saturated heterocycles. The molecule has 0 unspecified atom stereocenters. The Morgan fingerprint density at radius 2 is 1.56 bits per heavy atom. The Kier molecular flexibility index (Phi) is 3.49. The van der Waals surface area contributed by atoms with Crippen molar-refractivity contribution in [3.05, 3.63) is 0 Å². The smallest absolute Gasteiger partial charge is 0.192 e. The molecule has 0 radical (unpaired) electrons. The van der Waals surface area contributed by atoms with Gasteiger partial charge in [0, 0.05) is 13.2 Å². The molecule has 0 aromatic heterocycles. The highest BCUT2D eigenvalue weighted by molar-refractivity contribution is 6.74. The second-order valence-corrected chi connectivity index (χ2v) is 13.2. The number of aliphatic hydroxyl groups is 1. The zero-order valence-corrected chi connectivity index (χ0v) is 13.8. The van der Waals surface area contributed by atoms with Crippen LogP contribution in [0.3, 0.4) is 0 Å². The molecule has 2 aliphatic rings. The second kappa shape index (κ2) is 4.32. The fourth-order valence-corrected chi connectivity index (χ4v) is 4.52. The first-order valence-electron chi connectivity index (χ1n) is 7.39. The Morgan fingerprint density at radius 1 is 1.06 bits per heavy atom. The summed E-state index contributed by atoms with van der Waals surface area (Å²) in [4.78, 5) is 0. The summed E-state index contributed by atoms with van der Waals surface area (Å²) in [6.07, 6.45) is 6.16. The Bertz CT molecular complexity index is 309. The van der Waals surface area contributed by atoms with Gasteiger partial charge in [-0.1, -0.05) is 20.8 Å². The van der Waals surface area contributed by atoms with E-state index in [1.54, 1.807) is 0 Å². The summed E-state index contributed by atoms with van der Waals surface area (Å²) >= 11 is 0. The van der Waals surface area contributed by atoms with Gasteiger partial charge in [0.05, 0.1) is 0 Å². The third-order valence-electron chi connectivity index (χ3n) is 6.00. The summed E-state index contributed by atoms with van der Waals surface area (Å²) in [6, 6.07) is 0. The minimum Gasteiger partial charge on any atom is -0.416 e. The Morgan fingerprint density at radius 3 is 1.94 bits per heavy atom. The molecule has 3 heteroatoms. The largest absolute Gasteiger partial charge is 0.416 e. The van der Waals surface area contributed by atoms with Crippen LogP contribution in [0, 0.1) is 10.8 Å². The second-order valence-electron chi connectivity index (χ2n) is 8.38. The van der Waals surface area contributed by atoms with Gasteiger partial charge >= 0.3 is 0 Å². The lowest BCUT2D eigenvalue weighted by Gasteiger charge is -2.39. The van der Waals surface area contributed by atoms with Crippen LogP contribution in [-0.4, -0.2) is 26.6 Å². The van der Waals surface area contributed by atoms with Crippen molar-refractivity contribution >= 4 is 8.32 Å². The van der Waals surface area contributed by atoms with Gasteiger partial charge in [-0.3, -0.25) is 0 Å². The maximum absolute atomic E-state index is 9.58. The monoisotopic (exact) mass is 270 g/mol. The molecule has 0 aromatic carbocycles. The van der Waals surface area contributed by atoms with Gasteiger partial charge in [0.2, 0.25) is 0 Å². The highest BCUT2D eigenvalue weighted by Gasteiger charge is 2.54. The number of hydrogen-bond acceptors (Lipinski definition) is 2. The Hall–Kier alpha value is 0.137. The molecular formula is C15H30O2Si. The molecule has 2 fully saturated rings. The fourth-order valence-electron chi connectivity index (χ4n) is 3.42. The molecule has 2 bridgehead atoms. The van der Waals surface area contributed by atoms with Gasteiger partial charge in [-0.2, -0.15) is 0 Å². The van der Waals surface area contributed by atoms with E-state index in [1.165, 1.54) is 32.1 Å². The molecule has 0 atom stereocenters. The molecule has 18 heavy (non-hydrogen) atoms. The lowest BCUT2D eigenvalue weighted by molar-refractivity contribution is 0.132. The molecule has 0 aliphatic heterocycles. The number of fused-ring (bicyclic) bond motifs is 2. The topological polar surface area (TPSA) is 29.5 Å². The molecule has 2 saturated carbocycles. The predicted octanol–water partition coefficient (Wildman–Crippen LogP) is 3.95. The SMILES string of the molecule is CC(C)(C)[Si](C)(C)OCC12CCC(CO)(CC1)C2. The Balaban J connectivity index is 1.97. The van der Waals surface area contributed by atoms with Crippen LogP contribution >= 0.6 is 0 Å². The summed E-state index contributed by atoms with van der Waals surface area (Å²) in [5.41, 5.74) is 0.662. The van der Waals surface area contributed by atoms with Gasteiger partial charge in [-0.05, 0) is 61.1 Å². The fraction of sp³-hybridized carbons (Fsp3) is 1.00. The van der Waals surface area contributed by atoms with Crippen molar-refractivity contribution in [3.63, 3.8) is 0 Å². The number of rotatable bonds is 4. The van der Waals surface area contributed by atoms with Crippen LogP contribution in [-0.2, 0) is 4.43 Å². The van der Waals surface area contributed by atoms with Crippen LogP contribution in [0.25, 0.3) is 0 Å². The van der Waals surface area contributed by atoms with Crippen LogP contribution in [0.2, 0.25) is 18.1 Å². The first-order valence-corrected chi connectivity index (χ1v) is 10.3. The maximum Gasteiger partial charge on any atom is 0.192 e. The van der Waals surface area contributed by atoms with Crippen LogP contribution < -0.4 is 0 Å². The van der Waals surface area contributed by atoms with Gasteiger partial charge < -0.3 is 9.53 Å². The van der Waals surface area contributed by atoms with Crippen LogP contribution in [0.4, 0.5) is 0 Å². The van der Waals surface area contributed by atoms with Crippen molar-refractivity contribution in [2.45, 2.75) is 71.0 Å². The first kappa shape index (κ1) is 14.5. The van der Waals surface area contributed by atoms with E-state index in [9.17, 15) is 5.11 Å². The summed E-state index contributed by atoms with van der Waals surface area (Å²) in [5.74, 6) is 0. The van der Waals surface area contributed by atoms with Gasteiger partial charge in [0.25, 0.3) is 0 Å². The van der Waals surface area contributed by atoms with Crippen molar-refractivity contribution in [2.75, 3.05) is 13.2 Å². The zero-order chi connectivity index (χ0) is 13.7. The molecular weight excluding hydrogens is 240 g/mol. The van der Waals surface area contributed by atoms with Gasteiger partial charge in [-0.25, -0.2) is 0 Å². The third kappa shape index (κ3) is 2.41. The predicted molar refractivity (Wildman–Crippen MR) is 78.2 cm³/mol. The van der Waals surface area contributed by atoms with Crippen LogP contribution in [0.1, 0.15) is 52.9 Å². The summed E-state index contributed by atoms with van der Waals surface area (Å²) in [5, 5.41) is 9.88. The van der Waals surface area contributed by atoms with E-state index in [0.717, 1.165) is 6.61 Å². The molecule has 0 heterocycles. The lowest BCUT2D eigenvalue weighted by Crippen LogP contribution is -2.43. The lowest BCUT2D eigenvalue weighted by atomic mass is 9.83. The summed E-state index contributed by atoms with van der Waals surface area (Å²) < 4.78 is 6.45. The molecule has 0 aromatic rings. The van der Waals surface area contributed by atoms with Crippen molar-refractivity contribution in [2.24, 2.45) is 10.8 Å². The molecule has 2 aliphatic carbocycles. The highest BCUT2D eigenvalue weighted by atomic mass is 28.4. The average molecular weight is 270 g/mol. The van der Waals surface area contributed by atoms with E-state index in [2.05, 4.69) is 33.9 Å². The minimum atomic E-state index is -1.61. The van der Waals surface area contributed by atoms with E-state index >= 15 is 0 Å². The van der Waals surface area contributed by atoms with E-state index < -0.39 is 8.32 Å². The third-order valence-corrected chi connectivity index (χ3v) is 10.5. The van der Waals surface area contributed by atoms with Gasteiger partial charge in [0.15, 0.2) is 8.32 Å². The standard InChI is InChI=1S/C15H30O2Si/c1-13(2,3)18(4,5)17-12-15-8-6-14(10-15,11-16)7-9-15/h16H,6-12H2,1-5H3. The van der Waals surface area contributed by atoms with E-state index in [0.29, 0.717) is 17.1 Å². The molecule has 106 valence electrons. The van der Waals surface area contributed by atoms with E-state index in [1.807, 2.05) is 0 Å². The number of aliphatic hydroxyl groups excluding tert-OH is 1. The maximum atomic E-state index is 9.58. The van der Waals surface area contributed by atoms with E-state index in [4.69, 9.17) is 4.43 Å². The molecule has 1 N–H and O–H groups in total. The highest BCUT2D eigenvalue weighted by Crippen LogP contribution is 2.61. The molecule has 2 nitrogen and oxygen atoms in total. The van der Waals surface area contributed by atoms with Crippen molar-refractivity contribution in [1.82, 2.24) is 0 Å². The normalized spacial score (nSPS) is 36.3. The zero-order valence-electron chi connectivity index (χ0n) is 12.8.